The molecule has 1 aliphatic rings. The lowest BCUT2D eigenvalue weighted by Crippen LogP contribution is -2.52. The molecule has 1 aromatic heterocycles. The van der Waals surface area contributed by atoms with Crippen LogP contribution >= 0.6 is 11.8 Å². The van der Waals surface area contributed by atoms with Crippen molar-refractivity contribution in [1.29, 1.82) is 0 Å². The number of aryl methyl sites for hydroxylation is 1. The Morgan fingerprint density at radius 2 is 1.79 bits per heavy atom. The van der Waals surface area contributed by atoms with Crippen LogP contribution in [0.25, 0.3) is 10.8 Å². The van der Waals surface area contributed by atoms with E-state index in [0.717, 1.165) is 4.68 Å². The summed E-state index contributed by atoms with van der Waals surface area (Å²) < 4.78 is 40.6. The molecule has 4 rings (SSSR count). The smallest absolute Gasteiger partial charge is 0.290 e. The van der Waals surface area contributed by atoms with Gasteiger partial charge in [-0.25, -0.2) is 13.1 Å². The Labute approximate surface area is 223 Å². The van der Waals surface area contributed by atoms with E-state index in [2.05, 4.69) is 20.7 Å². The number of thioether (sulfide) groups is 1. The van der Waals surface area contributed by atoms with Crippen LogP contribution in [0.2, 0.25) is 0 Å². The van der Waals surface area contributed by atoms with E-state index >= 15 is 0 Å². The number of carbonyl (C=O) groups excluding carboxylic acids is 2. The number of nitrogens with zero attached hydrogens (tertiary/aromatic N) is 2. The second-order valence-corrected chi connectivity index (χ2v) is 10.9. The zero-order valence-electron chi connectivity index (χ0n) is 20.7. The van der Waals surface area contributed by atoms with Gasteiger partial charge in [0.25, 0.3) is 17.4 Å². The Hall–Kier alpha value is -3.62. The molecule has 2 aromatic carbocycles. The van der Waals surface area contributed by atoms with Gasteiger partial charge in [-0.15, -0.1) is 0 Å². The van der Waals surface area contributed by atoms with E-state index < -0.39 is 27.9 Å². The van der Waals surface area contributed by atoms with Crippen LogP contribution in [0.4, 0.5) is 0 Å². The van der Waals surface area contributed by atoms with Crippen molar-refractivity contribution in [3.63, 3.8) is 0 Å². The Morgan fingerprint density at radius 1 is 1.08 bits per heavy atom. The van der Waals surface area contributed by atoms with Gasteiger partial charge in [-0.2, -0.15) is 21.6 Å². The molecule has 38 heavy (non-hydrogen) atoms. The highest BCUT2D eigenvalue weighted by atomic mass is 32.2. The molecule has 0 saturated carbocycles. The highest BCUT2D eigenvalue weighted by Gasteiger charge is 2.28. The maximum atomic E-state index is 13.1. The number of sulfonamides is 1. The first-order valence-electron chi connectivity index (χ1n) is 11.8. The lowest BCUT2D eigenvalue weighted by molar-refractivity contribution is -0.123. The number of ether oxygens (including phenoxy) is 2. The highest BCUT2D eigenvalue weighted by Crippen LogP contribution is 2.32. The van der Waals surface area contributed by atoms with Crippen molar-refractivity contribution in [2.45, 2.75) is 30.8 Å². The summed E-state index contributed by atoms with van der Waals surface area (Å²) in [5.41, 5.74) is 4.18. The summed E-state index contributed by atoms with van der Waals surface area (Å²) in [5, 5.41) is 4.77. The molecule has 0 radical (unpaired) electrons. The summed E-state index contributed by atoms with van der Waals surface area (Å²) >= 11 is 1.43. The van der Waals surface area contributed by atoms with Crippen LogP contribution < -0.4 is 30.6 Å². The van der Waals surface area contributed by atoms with Crippen LogP contribution in [0.15, 0.2) is 52.2 Å². The second-order valence-electron chi connectivity index (χ2n) is 8.22. The summed E-state index contributed by atoms with van der Waals surface area (Å²) in [6, 6.07) is 9.53. The average Bonchev–Trinajstić information content (AvgIpc) is 2.93. The van der Waals surface area contributed by atoms with E-state index in [4.69, 9.17) is 9.47 Å². The zero-order chi connectivity index (χ0) is 27.3. The van der Waals surface area contributed by atoms with Gasteiger partial charge in [0.15, 0.2) is 17.2 Å². The van der Waals surface area contributed by atoms with E-state index in [9.17, 15) is 22.8 Å². The first kappa shape index (κ1) is 27.4. The minimum atomic E-state index is -4.12. The van der Waals surface area contributed by atoms with Crippen molar-refractivity contribution in [3.8, 4) is 11.5 Å². The summed E-state index contributed by atoms with van der Waals surface area (Å²) in [5.74, 6) is -0.310. The van der Waals surface area contributed by atoms with Crippen LogP contribution in [-0.2, 0) is 21.4 Å². The maximum Gasteiger partial charge on any atom is 0.290 e. The molecule has 2 amide bonds. The fraction of sp³-hybridized carbons (Fsp3) is 0.333. The minimum Gasteiger partial charge on any atom is -0.486 e. The first-order valence-corrected chi connectivity index (χ1v) is 14.6. The fourth-order valence-electron chi connectivity index (χ4n) is 3.81. The van der Waals surface area contributed by atoms with Gasteiger partial charge in [0.05, 0.1) is 10.3 Å². The lowest BCUT2D eigenvalue weighted by atomic mass is 10.1. The summed E-state index contributed by atoms with van der Waals surface area (Å²) in [4.78, 5) is 38.4. The van der Waals surface area contributed by atoms with Crippen molar-refractivity contribution < 1.29 is 27.5 Å². The number of benzene rings is 2. The third-order valence-electron chi connectivity index (χ3n) is 5.73. The standard InChI is InChI=1S/C24H27N5O7S2/c1-3-29-24(32)17-7-5-4-6-16(17)21(27-29)23(31)26-25-22(30)18(10-13-37-2)28-38(33,34)15-8-9-19-20(14-15)36-12-11-35-19/h4-9,14,18,28H,3,10-13H2,1-2H3,(H,25,30)(H,26,31)/t18-/m1/s1. The number of amides is 2. The molecule has 1 atom stereocenters. The molecular weight excluding hydrogens is 534 g/mol. The number of hydrogen-bond acceptors (Lipinski definition) is 9. The molecule has 0 unspecified atom stereocenters. The van der Waals surface area contributed by atoms with Crippen LogP contribution in [-0.4, -0.2) is 61.3 Å². The summed E-state index contributed by atoms with van der Waals surface area (Å²) in [7, 11) is -4.12. The number of aromatic nitrogens is 2. The van der Waals surface area contributed by atoms with Crippen molar-refractivity contribution in [2.24, 2.45) is 0 Å². The first-order chi connectivity index (χ1) is 18.2. The van der Waals surface area contributed by atoms with Gasteiger partial charge in [-0.05, 0) is 43.6 Å². The molecule has 0 saturated heterocycles. The van der Waals surface area contributed by atoms with Crippen LogP contribution in [0.1, 0.15) is 23.8 Å². The highest BCUT2D eigenvalue weighted by molar-refractivity contribution is 7.98. The molecule has 0 aliphatic carbocycles. The maximum absolute atomic E-state index is 13.1. The lowest BCUT2D eigenvalue weighted by Gasteiger charge is -2.21. The largest absolute Gasteiger partial charge is 0.486 e. The van der Waals surface area contributed by atoms with Gasteiger partial charge in [-0.1, -0.05) is 18.2 Å². The summed E-state index contributed by atoms with van der Waals surface area (Å²) in [6.45, 7) is 2.62. The SMILES string of the molecule is CCn1nc(C(=O)NNC(=O)[C@@H](CCSC)NS(=O)(=O)c2ccc3c(c2)OCCO3)c2ccccc2c1=O. The van der Waals surface area contributed by atoms with Gasteiger partial charge in [0, 0.05) is 18.0 Å². The normalized spacial score (nSPS) is 13.6. The topological polar surface area (TPSA) is 158 Å². The quantitative estimate of drug-likeness (QED) is 0.325. The number of rotatable bonds is 9. The van der Waals surface area contributed by atoms with Gasteiger partial charge >= 0.3 is 0 Å². The van der Waals surface area contributed by atoms with Gasteiger partial charge in [0.1, 0.15) is 19.3 Å². The molecule has 0 fully saturated rings. The average molecular weight is 562 g/mol. The van der Waals surface area contributed by atoms with Crippen molar-refractivity contribution in [1.82, 2.24) is 25.4 Å². The molecule has 0 spiro atoms. The fourth-order valence-corrected chi connectivity index (χ4v) is 5.52. The number of carbonyl (C=O) groups is 2. The number of nitrogens with one attached hydrogen (secondary N) is 3. The Bertz CT molecular complexity index is 1520. The van der Waals surface area contributed by atoms with Crippen LogP contribution in [0.5, 0.6) is 11.5 Å². The van der Waals surface area contributed by atoms with E-state index in [1.807, 2.05) is 6.26 Å². The molecule has 12 nitrogen and oxygen atoms in total. The van der Waals surface area contributed by atoms with Gasteiger partial charge in [0.2, 0.25) is 10.0 Å². The monoisotopic (exact) mass is 561 g/mol. The second kappa shape index (κ2) is 11.8. The molecule has 2 heterocycles. The third-order valence-corrected chi connectivity index (χ3v) is 7.84. The Balaban J connectivity index is 1.51. The third kappa shape index (κ3) is 5.92. The van der Waals surface area contributed by atoms with Crippen molar-refractivity contribution >= 4 is 44.4 Å². The molecular formula is C24H27N5O7S2. The number of fused-ring (bicyclic) bond motifs is 2. The molecule has 1 aliphatic heterocycles. The van der Waals surface area contributed by atoms with Gasteiger partial charge in [-0.3, -0.25) is 25.2 Å². The molecule has 0 bridgehead atoms. The van der Waals surface area contributed by atoms with E-state index in [-0.39, 0.29) is 29.1 Å². The molecule has 202 valence electrons. The van der Waals surface area contributed by atoms with Crippen molar-refractivity contribution in [3.05, 3.63) is 58.5 Å². The predicted molar refractivity (Wildman–Crippen MR) is 142 cm³/mol. The predicted octanol–water partition coefficient (Wildman–Crippen LogP) is 1.05. The summed E-state index contributed by atoms with van der Waals surface area (Å²) in [6.07, 6.45) is 1.99. The number of hydrogen-bond donors (Lipinski definition) is 3. The molecule has 14 heteroatoms. The van der Waals surface area contributed by atoms with Crippen LogP contribution in [0, 0.1) is 0 Å². The molecule has 3 aromatic rings. The Morgan fingerprint density at radius 3 is 2.50 bits per heavy atom. The number of hydrazine groups is 1. The van der Waals surface area contributed by atoms with E-state index in [0.29, 0.717) is 41.2 Å². The Kier molecular flexibility index (Phi) is 8.54. The van der Waals surface area contributed by atoms with E-state index in [1.54, 1.807) is 31.2 Å². The van der Waals surface area contributed by atoms with E-state index in [1.165, 1.54) is 30.0 Å². The minimum absolute atomic E-state index is 0.0557. The zero-order valence-corrected chi connectivity index (χ0v) is 22.4. The molecule has 3 N–H and O–H groups in total. The van der Waals surface area contributed by atoms with Gasteiger partial charge < -0.3 is 9.47 Å². The van der Waals surface area contributed by atoms with Crippen LogP contribution in [0.3, 0.4) is 0 Å². The van der Waals surface area contributed by atoms with Crippen molar-refractivity contribution in [2.75, 3.05) is 25.2 Å².